The van der Waals surface area contributed by atoms with E-state index in [9.17, 15) is 19.2 Å². The Morgan fingerprint density at radius 1 is 0.688 bits per heavy atom. The van der Waals surface area contributed by atoms with Crippen LogP contribution < -0.4 is 0 Å². The van der Waals surface area contributed by atoms with Crippen LogP contribution >= 0.6 is 31.9 Å². The highest BCUT2D eigenvalue weighted by Crippen LogP contribution is 2.48. The first-order valence-corrected chi connectivity index (χ1v) is 18.2. The molecule has 0 N–H and O–H groups in total. The van der Waals surface area contributed by atoms with Crippen LogP contribution in [-0.2, 0) is 14.3 Å². The number of carbonyl (C=O) groups is 4. The minimum atomic E-state index is -0.655. The second kappa shape index (κ2) is 14.9. The van der Waals surface area contributed by atoms with Crippen LogP contribution in [0.1, 0.15) is 73.1 Å². The maximum absolute atomic E-state index is 13.1. The normalized spacial score (nSPS) is 19.5. The van der Waals surface area contributed by atoms with Crippen molar-refractivity contribution in [2.45, 2.75) is 64.5 Å². The number of fused-ring (bicyclic) bond motifs is 3. The molecule has 2 fully saturated rings. The van der Waals surface area contributed by atoms with E-state index in [1.807, 2.05) is 86.6 Å². The van der Waals surface area contributed by atoms with Crippen LogP contribution in [0.4, 0.5) is 4.79 Å². The number of benzene rings is 4. The van der Waals surface area contributed by atoms with Crippen LogP contribution in [0, 0.1) is 17.8 Å². The van der Waals surface area contributed by atoms with E-state index in [0.717, 1.165) is 36.9 Å². The minimum Gasteiger partial charge on any atom is -0.464 e. The highest BCUT2D eigenvalue weighted by Gasteiger charge is 2.57. The van der Waals surface area contributed by atoms with Gasteiger partial charge in [-0.2, -0.15) is 0 Å². The lowest BCUT2D eigenvalue weighted by Crippen LogP contribution is -2.44. The van der Waals surface area contributed by atoms with Gasteiger partial charge in [-0.1, -0.05) is 82.1 Å². The Balaban J connectivity index is 0.929. The van der Waals surface area contributed by atoms with E-state index in [2.05, 4.69) is 31.9 Å². The van der Waals surface area contributed by atoms with Crippen LogP contribution in [0.3, 0.4) is 0 Å². The molecule has 4 aromatic carbocycles. The summed E-state index contributed by atoms with van der Waals surface area (Å²) in [5.41, 5.74) is 1.35. The van der Waals surface area contributed by atoms with Crippen molar-refractivity contribution in [1.29, 1.82) is 0 Å². The summed E-state index contributed by atoms with van der Waals surface area (Å²) in [4.78, 5) is 53.6. The molecule has 0 bridgehead atoms. The lowest BCUT2D eigenvalue weighted by atomic mass is 9.98. The Labute approximate surface area is 297 Å². The van der Waals surface area contributed by atoms with Gasteiger partial charge in [-0.05, 0) is 101 Å². The van der Waals surface area contributed by atoms with Crippen LogP contribution in [0.15, 0.2) is 81.7 Å². The molecule has 6 rings (SSSR count). The Morgan fingerprint density at radius 2 is 1.17 bits per heavy atom. The molecule has 1 aliphatic heterocycles. The third-order valence-corrected chi connectivity index (χ3v) is 10.6. The lowest BCUT2D eigenvalue weighted by molar-refractivity contribution is -0.150. The zero-order valence-corrected chi connectivity index (χ0v) is 30.3. The molecule has 1 amide bonds. The molecule has 3 unspecified atom stereocenters. The SMILES string of the molecule is C[C@H](CCC(=O)c1ccc2cc(Br)ccc2c1)COC(=O)C1CC2CC2N1C(=O)OC[C@H](C)CCC(=O)c1ccc2cc(Br)ccc2c1. The maximum atomic E-state index is 13.1. The highest BCUT2D eigenvalue weighted by molar-refractivity contribution is 9.10. The fraction of sp³-hybridized carbons (Fsp3) is 0.385. The molecule has 0 aromatic heterocycles. The lowest BCUT2D eigenvalue weighted by Gasteiger charge is -2.26. The van der Waals surface area contributed by atoms with Gasteiger partial charge in [-0.3, -0.25) is 14.5 Å². The van der Waals surface area contributed by atoms with Gasteiger partial charge in [0.15, 0.2) is 11.6 Å². The third-order valence-electron chi connectivity index (χ3n) is 9.57. The van der Waals surface area contributed by atoms with Gasteiger partial charge < -0.3 is 9.47 Å². The van der Waals surface area contributed by atoms with Gasteiger partial charge in [0.25, 0.3) is 0 Å². The van der Waals surface area contributed by atoms with Crippen molar-refractivity contribution in [2.75, 3.05) is 13.2 Å². The van der Waals surface area contributed by atoms with E-state index < -0.39 is 18.1 Å². The van der Waals surface area contributed by atoms with Crippen LogP contribution in [0.5, 0.6) is 0 Å². The van der Waals surface area contributed by atoms with E-state index in [0.29, 0.717) is 49.1 Å². The van der Waals surface area contributed by atoms with Gasteiger partial charge in [0.1, 0.15) is 6.04 Å². The summed E-state index contributed by atoms with van der Waals surface area (Å²) in [6.45, 7) is 4.28. The minimum absolute atomic E-state index is 0.00834. The fourth-order valence-electron chi connectivity index (χ4n) is 6.53. The van der Waals surface area contributed by atoms with Gasteiger partial charge in [0.2, 0.25) is 0 Å². The second-order valence-corrected chi connectivity index (χ2v) is 15.3. The Bertz CT molecular complexity index is 1870. The van der Waals surface area contributed by atoms with E-state index in [-0.39, 0.29) is 42.7 Å². The number of ketones is 2. The van der Waals surface area contributed by atoms with Gasteiger partial charge in [-0.25, -0.2) is 9.59 Å². The van der Waals surface area contributed by atoms with Gasteiger partial charge in [0.05, 0.1) is 13.2 Å². The zero-order chi connectivity index (χ0) is 33.9. The molecule has 48 heavy (non-hydrogen) atoms. The molecule has 4 aromatic rings. The van der Waals surface area contributed by atoms with E-state index >= 15 is 0 Å². The number of hydrogen-bond donors (Lipinski definition) is 0. The number of esters is 1. The van der Waals surface area contributed by atoms with Crippen LogP contribution in [-0.4, -0.2) is 53.8 Å². The molecule has 2 aliphatic rings. The van der Waals surface area contributed by atoms with Crippen LogP contribution in [0.25, 0.3) is 21.5 Å². The molecule has 7 nitrogen and oxygen atoms in total. The summed E-state index contributed by atoms with van der Waals surface area (Å²) in [7, 11) is 0. The Hall–Kier alpha value is -3.56. The van der Waals surface area contributed by atoms with E-state index in [1.54, 1.807) is 4.90 Å². The highest BCUT2D eigenvalue weighted by atomic mass is 79.9. The number of rotatable bonds is 13. The van der Waals surface area contributed by atoms with Crippen molar-refractivity contribution in [2.24, 2.45) is 17.8 Å². The van der Waals surface area contributed by atoms with Crippen molar-refractivity contribution in [3.63, 3.8) is 0 Å². The van der Waals surface area contributed by atoms with E-state index in [1.165, 1.54) is 0 Å². The number of ether oxygens (including phenoxy) is 2. The smallest absolute Gasteiger partial charge is 0.410 e. The molecule has 1 aliphatic carbocycles. The van der Waals surface area contributed by atoms with Crippen molar-refractivity contribution >= 4 is 77.0 Å². The number of hydrogen-bond acceptors (Lipinski definition) is 6. The monoisotopic (exact) mass is 775 g/mol. The fourth-order valence-corrected chi connectivity index (χ4v) is 7.29. The van der Waals surface area contributed by atoms with Crippen molar-refractivity contribution in [3.8, 4) is 0 Å². The summed E-state index contributed by atoms with van der Waals surface area (Å²) >= 11 is 6.95. The van der Waals surface area contributed by atoms with Crippen molar-refractivity contribution in [3.05, 3.63) is 92.9 Å². The first-order chi connectivity index (χ1) is 23.0. The number of Topliss-reactive ketones (excluding diaryl/α,β-unsaturated/α-hetero) is 2. The second-order valence-electron chi connectivity index (χ2n) is 13.5. The van der Waals surface area contributed by atoms with Gasteiger partial charge >= 0.3 is 12.1 Å². The van der Waals surface area contributed by atoms with Crippen LogP contribution in [0.2, 0.25) is 0 Å². The predicted octanol–water partition coefficient (Wildman–Crippen LogP) is 9.56. The molecule has 1 saturated heterocycles. The summed E-state index contributed by atoms with van der Waals surface area (Å²) in [6.07, 6.45) is 2.84. The zero-order valence-electron chi connectivity index (χ0n) is 27.1. The average molecular weight is 778 g/mol. The number of nitrogens with zero attached hydrogens (tertiary/aromatic N) is 1. The molecule has 0 spiro atoms. The van der Waals surface area contributed by atoms with Crippen molar-refractivity contribution < 1.29 is 28.7 Å². The molecular weight excluding hydrogens is 738 g/mol. The van der Waals surface area contributed by atoms with Gasteiger partial charge in [-0.15, -0.1) is 0 Å². The molecule has 0 radical (unpaired) electrons. The standard InChI is InChI=1S/C39H39Br2NO6/c1-23(3-13-36(43)29-7-5-27-17-32(40)11-9-25(27)15-29)21-47-38(45)35-20-31-19-34(31)42(35)39(46)48-22-24(2)4-14-37(44)30-8-6-28-18-33(41)12-10-26(28)16-30/h5-12,15-18,23-24,31,34-35H,3-4,13-14,19-22H2,1-2H3/t23-,24-,31?,34?,35?/m1/s1. The molecule has 250 valence electrons. The average Bonchev–Trinajstić information content (AvgIpc) is 3.75. The Morgan fingerprint density at radius 3 is 1.71 bits per heavy atom. The number of piperidine rings is 1. The van der Waals surface area contributed by atoms with Crippen molar-refractivity contribution in [1.82, 2.24) is 4.90 Å². The first kappa shape index (κ1) is 34.3. The number of carbonyl (C=O) groups excluding carboxylic acids is 4. The molecular formula is C39H39Br2NO6. The Kier molecular flexibility index (Phi) is 10.7. The summed E-state index contributed by atoms with van der Waals surface area (Å²) in [5, 5.41) is 4.16. The summed E-state index contributed by atoms with van der Waals surface area (Å²) in [6, 6.07) is 22.7. The quantitative estimate of drug-likeness (QED) is 0.0993. The third kappa shape index (κ3) is 8.17. The van der Waals surface area contributed by atoms with E-state index in [4.69, 9.17) is 9.47 Å². The summed E-state index contributed by atoms with van der Waals surface area (Å²) < 4.78 is 13.3. The number of halogens is 2. The first-order valence-electron chi connectivity index (χ1n) is 16.6. The molecule has 5 atom stereocenters. The topological polar surface area (TPSA) is 90.0 Å². The van der Waals surface area contributed by atoms with Gasteiger partial charge in [0, 0.05) is 39.0 Å². The maximum Gasteiger partial charge on any atom is 0.410 e. The predicted molar refractivity (Wildman–Crippen MR) is 193 cm³/mol. The number of amides is 1. The molecule has 9 heteroatoms. The summed E-state index contributed by atoms with van der Waals surface area (Å²) in [5.74, 6) is -0.0278. The largest absolute Gasteiger partial charge is 0.464 e. The molecule has 1 heterocycles. The number of likely N-dealkylation sites (tertiary alicyclic amines) is 1. The molecule has 1 saturated carbocycles.